The smallest absolute Gasteiger partial charge is 0.137 e. The Balaban J connectivity index is 2.73. The molecule has 17 heavy (non-hydrogen) atoms. The minimum atomic E-state index is 0.271. The van der Waals surface area contributed by atoms with Gasteiger partial charge in [-0.1, -0.05) is 6.92 Å². The summed E-state index contributed by atoms with van der Waals surface area (Å²) >= 11 is 0. The Bertz CT molecular complexity index is 318. The fourth-order valence-corrected chi connectivity index (χ4v) is 1.74. The van der Waals surface area contributed by atoms with Crippen LogP contribution in [0.15, 0.2) is 18.5 Å². The van der Waals surface area contributed by atoms with Crippen LogP contribution < -0.4 is 10.1 Å². The first-order valence-corrected chi connectivity index (χ1v) is 6.11. The second-order valence-electron chi connectivity index (χ2n) is 3.78. The molecule has 96 valence electrons. The highest BCUT2D eigenvalue weighted by atomic mass is 16.5. The Labute approximate surface area is 103 Å². The molecule has 0 saturated heterocycles. The van der Waals surface area contributed by atoms with Crippen LogP contribution in [0.5, 0.6) is 5.75 Å². The molecule has 0 aliphatic heterocycles. The fourth-order valence-electron chi connectivity index (χ4n) is 1.74. The van der Waals surface area contributed by atoms with Crippen LogP contribution in [0.25, 0.3) is 0 Å². The molecule has 0 saturated carbocycles. The zero-order valence-corrected chi connectivity index (χ0v) is 10.9. The number of aromatic nitrogens is 1. The standard InChI is InChI=1S/C13H22N2O2/c1-4-15-13(6-7-16-3)11-8-12(17-5-2)10-14-9-11/h8-10,13,15H,4-7H2,1-3H3. The molecule has 1 aromatic rings. The number of methoxy groups -OCH3 is 1. The van der Waals surface area contributed by atoms with E-state index in [1.54, 1.807) is 13.3 Å². The number of rotatable bonds is 8. The maximum Gasteiger partial charge on any atom is 0.137 e. The third kappa shape index (κ3) is 4.71. The Morgan fingerprint density at radius 3 is 2.82 bits per heavy atom. The van der Waals surface area contributed by atoms with Gasteiger partial charge in [0.2, 0.25) is 0 Å². The zero-order valence-electron chi connectivity index (χ0n) is 10.9. The molecule has 0 amide bonds. The second-order valence-corrected chi connectivity index (χ2v) is 3.78. The van der Waals surface area contributed by atoms with E-state index >= 15 is 0 Å². The van der Waals surface area contributed by atoms with Gasteiger partial charge in [-0.3, -0.25) is 4.98 Å². The van der Waals surface area contributed by atoms with E-state index in [1.807, 2.05) is 19.2 Å². The maximum atomic E-state index is 5.46. The number of hydrogen-bond acceptors (Lipinski definition) is 4. The number of pyridine rings is 1. The predicted octanol–water partition coefficient (Wildman–Crippen LogP) is 2.17. The highest BCUT2D eigenvalue weighted by molar-refractivity contribution is 5.26. The molecule has 1 heterocycles. The van der Waals surface area contributed by atoms with Crippen molar-refractivity contribution < 1.29 is 9.47 Å². The molecule has 0 aliphatic rings. The van der Waals surface area contributed by atoms with Gasteiger partial charge in [0.1, 0.15) is 5.75 Å². The molecule has 0 radical (unpaired) electrons. The number of ether oxygens (including phenoxy) is 2. The highest BCUT2D eigenvalue weighted by Crippen LogP contribution is 2.20. The van der Waals surface area contributed by atoms with E-state index in [9.17, 15) is 0 Å². The van der Waals surface area contributed by atoms with Gasteiger partial charge in [-0.25, -0.2) is 0 Å². The summed E-state index contributed by atoms with van der Waals surface area (Å²) in [5.41, 5.74) is 1.15. The summed E-state index contributed by atoms with van der Waals surface area (Å²) in [4.78, 5) is 4.21. The highest BCUT2D eigenvalue weighted by Gasteiger charge is 2.11. The van der Waals surface area contributed by atoms with Crippen molar-refractivity contribution in [3.05, 3.63) is 24.0 Å². The summed E-state index contributed by atoms with van der Waals surface area (Å²) in [7, 11) is 1.72. The normalized spacial score (nSPS) is 12.4. The topological polar surface area (TPSA) is 43.4 Å². The van der Waals surface area contributed by atoms with E-state index in [1.165, 1.54) is 0 Å². The molecule has 0 aliphatic carbocycles. The first-order chi connectivity index (χ1) is 8.31. The lowest BCUT2D eigenvalue weighted by molar-refractivity contribution is 0.183. The van der Waals surface area contributed by atoms with Crippen LogP contribution in [0.3, 0.4) is 0 Å². The molecule has 0 aromatic carbocycles. The molecule has 1 atom stereocenters. The van der Waals surface area contributed by atoms with Crippen LogP contribution >= 0.6 is 0 Å². The number of hydrogen-bond donors (Lipinski definition) is 1. The van der Waals surface area contributed by atoms with E-state index in [0.717, 1.165) is 30.9 Å². The Kier molecular flexibility index (Phi) is 6.58. The lowest BCUT2D eigenvalue weighted by atomic mass is 10.1. The molecule has 4 heteroatoms. The van der Waals surface area contributed by atoms with Crippen LogP contribution in [-0.4, -0.2) is 31.9 Å². The first-order valence-electron chi connectivity index (χ1n) is 6.11. The van der Waals surface area contributed by atoms with Gasteiger partial charge >= 0.3 is 0 Å². The van der Waals surface area contributed by atoms with Crippen LogP contribution in [0.2, 0.25) is 0 Å². The van der Waals surface area contributed by atoms with E-state index in [4.69, 9.17) is 9.47 Å². The Hall–Kier alpha value is -1.13. The molecular formula is C13H22N2O2. The van der Waals surface area contributed by atoms with Gasteiger partial charge in [0.25, 0.3) is 0 Å². The summed E-state index contributed by atoms with van der Waals surface area (Å²) in [5.74, 6) is 0.824. The summed E-state index contributed by atoms with van der Waals surface area (Å²) in [6.07, 6.45) is 4.55. The van der Waals surface area contributed by atoms with Crippen molar-refractivity contribution in [2.75, 3.05) is 26.9 Å². The minimum Gasteiger partial charge on any atom is -0.492 e. The molecule has 1 unspecified atom stereocenters. The molecule has 4 nitrogen and oxygen atoms in total. The van der Waals surface area contributed by atoms with E-state index in [-0.39, 0.29) is 6.04 Å². The summed E-state index contributed by atoms with van der Waals surface area (Å²) in [5, 5.41) is 3.43. The predicted molar refractivity (Wildman–Crippen MR) is 68.3 cm³/mol. The van der Waals surface area contributed by atoms with Crippen LogP contribution in [0.1, 0.15) is 31.9 Å². The number of nitrogens with zero attached hydrogens (tertiary/aromatic N) is 1. The van der Waals surface area contributed by atoms with Crippen LogP contribution in [-0.2, 0) is 4.74 Å². The molecule has 0 fully saturated rings. The van der Waals surface area contributed by atoms with Crippen LogP contribution in [0.4, 0.5) is 0 Å². The quantitative estimate of drug-likeness (QED) is 0.753. The average molecular weight is 238 g/mol. The van der Waals surface area contributed by atoms with E-state index < -0.39 is 0 Å². The third-order valence-electron chi connectivity index (χ3n) is 2.51. The molecule has 1 rings (SSSR count). The molecule has 0 bridgehead atoms. The lowest BCUT2D eigenvalue weighted by Gasteiger charge is -2.18. The van der Waals surface area contributed by atoms with Gasteiger partial charge in [-0.2, -0.15) is 0 Å². The minimum absolute atomic E-state index is 0.271. The van der Waals surface area contributed by atoms with Gasteiger partial charge in [0.15, 0.2) is 0 Å². The Morgan fingerprint density at radius 1 is 1.35 bits per heavy atom. The SMILES string of the molecule is CCNC(CCOC)c1cncc(OCC)c1. The maximum absolute atomic E-state index is 5.46. The van der Waals surface area contributed by atoms with Gasteiger partial charge in [0.05, 0.1) is 12.8 Å². The molecule has 1 N–H and O–H groups in total. The van der Waals surface area contributed by atoms with Crippen molar-refractivity contribution in [2.45, 2.75) is 26.3 Å². The number of nitrogens with one attached hydrogen (secondary N) is 1. The molecule has 1 aromatic heterocycles. The molecule has 0 spiro atoms. The second kappa shape index (κ2) is 8.03. The van der Waals surface area contributed by atoms with Crippen molar-refractivity contribution >= 4 is 0 Å². The van der Waals surface area contributed by atoms with Gasteiger partial charge in [0, 0.05) is 26.0 Å². The van der Waals surface area contributed by atoms with E-state index in [2.05, 4.69) is 17.2 Å². The average Bonchev–Trinajstić information content (AvgIpc) is 2.35. The fraction of sp³-hybridized carbons (Fsp3) is 0.615. The van der Waals surface area contributed by atoms with Crippen LogP contribution in [0, 0.1) is 0 Å². The molecular weight excluding hydrogens is 216 g/mol. The Morgan fingerprint density at radius 2 is 2.18 bits per heavy atom. The van der Waals surface area contributed by atoms with Gasteiger partial charge in [-0.15, -0.1) is 0 Å². The summed E-state index contributed by atoms with van der Waals surface area (Å²) in [6.45, 7) is 6.39. The van der Waals surface area contributed by atoms with Crippen molar-refractivity contribution in [3.8, 4) is 5.75 Å². The van der Waals surface area contributed by atoms with Crippen molar-refractivity contribution in [2.24, 2.45) is 0 Å². The zero-order chi connectivity index (χ0) is 12.5. The van der Waals surface area contributed by atoms with Crippen molar-refractivity contribution in [3.63, 3.8) is 0 Å². The monoisotopic (exact) mass is 238 g/mol. The van der Waals surface area contributed by atoms with Gasteiger partial charge in [-0.05, 0) is 31.5 Å². The van der Waals surface area contributed by atoms with Crippen molar-refractivity contribution in [1.82, 2.24) is 10.3 Å². The first kappa shape index (κ1) is 13.9. The lowest BCUT2D eigenvalue weighted by Crippen LogP contribution is -2.22. The van der Waals surface area contributed by atoms with Crippen molar-refractivity contribution in [1.29, 1.82) is 0 Å². The third-order valence-corrected chi connectivity index (χ3v) is 2.51. The summed E-state index contributed by atoms with van der Waals surface area (Å²) in [6, 6.07) is 2.31. The largest absolute Gasteiger partial charge is 0.492 e. The summed E-state index contributed by atoms with van der Waals surface area (Å²) < 4.78 is 10.6. The van der Waals surface area contributed by atoms with E-state index in [0.29, 0.717) is 6.61 Å². The van der Waals surface area contributed by atoms with Gasteiger partial charge < -0.3 is 14.8 Å².